The van der Waals surface area contributed by atoms with E-state index in [4.69, 9.17) is 0 Å². The molecular weight excluding hydrogens is 224 g/mol. The molecule has 2 aromatic rings. The molecule has 4 heteroatoms. The van der Waals surface area contributed by atoms with Crippen LogP contribution in [0.2, 0.25) is 0 Å². The van der Waals surface area contributed by atoms with Gasteiger partial charge in [-0.05, 0) is 23.6 Å². The Morgan fingerprint density at radius 3 is 2.28 bits per heavy atom. The van der Waals surface area contributed by atoms with Crippen LogP contribution in [-0.4, -0.2) is 17.0 Å². The van der Waals surface area contributed by atoms with E-state index >= 15 is 0 Å². The number of aromatic nitrogens is 2. The molecule has 1 aromatic carbocycles. The maximum atomic E-state index is 4.18. The molecule has 94 valence electrons. The zero-order chi connectivity index (χ0) is 13.0. The maximum absolute atomic E-state index is 4.18. The van der Waals surface area contributed by atoms with Gasteiger partial charge in [-0.3, -0.25) is 0 Å². The summed E-state index contributed by atoms with van der Waals surface area (Å²) in [6.45, 7) is 4.37. The Morgan fingerprint density at radius 1 is 1.00 bits per heavy atom. The highest BCUT2D eigenvalue weighted by Crippen LogP contribution is 2.20. The zero-order valence-corrected chi connectivity index (χ0v) is 10.9. The minimum atomic E-state index is 0.550. The minimum Gasteiger partial charge on any atom is -0.373 e. The number of nitrogens with zero attached hydrogens (tertiary/aromatic N) is 2. The Bertz CT molecular complexity index is 505. The van der Waals surface area contributed by atoms with E-state index in [1.54, 1.807) is 0 Å². The summed E-state index contributed by atoms with van der Waals surface area (Å²) in [5.41, 5.74) is 2.36. The molecule has 2 rings (SSSR count). The molecule has 1 aromatic heterocycles. The molecule has 0 saturated heterocycles. The van der Waals surface area contributed by atoms with E-state index in [9.17, 15) is 0 Å². The molecule has 0 unspecified atom stereocenters. The quantitative estimate of drug-likeness (QED) is 0.863. The van der Waals surface area contributed by atoms with Gasteiger partial charge < -0.3 is 10.6 Å². The summed E-state index contributed by atoms with van der Waals surface area (Å²) in [6.07, 6.45) is 1.54. The third kappa shape index (κ3) is 2.97. The highest BCUT2D eigenvalue weighted by atomic mass is 15.1. The fraction of sp³-hybridized carbons (Fsp3) is 0.286. The SMILES string of the molecule is CNc1cc(Nc2ccc(C(C)C)cc2)ncn1. The van der Waals surface area contributed by atoms with Gasteiger partial charge >= 0.3 is 0 Å². The molecule has 0 aliphatic rings. The van der Waals surface area contributed by atoms with Crippen molar-refractivity contribution in [3.8, 4) is 0 Å². The molecule has 0 fully saturated rings. The van der Waals surface area contributed by atoms with Crippen LogP contribution < -0.4 is 10.6 Å². The van der Waals surface area contributed by atoms with Crippen molar-refractivity contribution in [1.29, 1.82) is 0 Å². The van der Waals surface area contributed by atoms with Crippen molar-refractivity contribution >= 4 is 17.3 Å². The lowest BCUT2D eigenvalue weighted by Crippen LogP contribution is -1.98. The number of rotatable bonds is 4. The van der Waals surface area contributed by atoms with Crippen molar-refractivity contribution in [3.63, 3.8) is 0 Å². The molecule has 18 heavy (non-hydrogen) atoms. The van der Waals surface area contributed by atoms with Crippen LogP contribution in [0.3, 0.4) is 0 Å². The Balaban J connectivity index is 2.13. The second-order valence-corrected chi connectivity index (χ2v) is 4.44. The van der Waals surface area contributed by atoms with Crippen LogP contribution in [0.25, 0.3) is 0 Å². The standard InChI is InChI=1S/C14H18N4/c1-10(2)11-4-6-12(7-5-11)18-14-8-13(15-3)16-9-17-14/h4-10H,1-3H3,(H2,15,16,17,18). The number of nitrogens with one attached hydrogen (secondary N) is 2. The van der Waals surface area contributed by atoms with Gasteiger partial charge in [-0.1, -0.05) is 26.0 Å². The number of anilines is 3. The summed E-state index contributed by atoms with van der Waals surface area (Å²) in [5, 5.41) is 6.24. The molecule has 0 radical (unpaired) electrons. The van der Waals surface area contributed by atoms with Crippen molar-refractivity contribution in [2.45, 2.75) is 19.8 Å². The topological polar surface area (TPSA) is 49.8 Å². The highest BCUT2D eigenvalue weighted by Gasteiger charge is 2.00. The third-order valence-electron chi connectivity index (χ3n) is 2.77. The largest absolute Gasteiger partial charge is 0.373 e. The van der Waals surface area contributed by atoms with Gasteiger partial charge in [0.25, 0.3) is 0 Å². The van der Waals surface area contributed by atoms with E-state index in [1.165, 1.54) is 11.9 Å². The maximum Gasteiger partial charge on any atom is 0.135 e. The summed E-state index contributed by atoms with van der Waals surface area (Å²) in [4.78, 5) is 8.25. The predicted molar refractivity (Wildman–Crippen MR) is 75.4 cm³/mol. The van der Waals surface area contributed by atoms with Crippen molar-refractivity contribution in [1.82, 2.24) is 9.97 Å². The first kappa shape index (κ1) is 12.4. The first-order valence-corrected chi connectivity index (χ1v) is 6.06. The molecule has 0 amide bonds. The molecule has 0 atom stereocenters. The summed E-state index contributed by atoms with van der Waals surface area (Å²) in [5.74, 6) is 2.13. The zero-order valence-electron chi connectivity index (χ0n) is 10.9. The Hall–Kier alpha value is -2.10. The number of benzene rings is 1. The molecule has 1 heterocycles. The van der Waals surface area contributed by atoms with Gasteiger partial charge in [0.15, 0.2) is 0 Å². The lowest BCUT2D eigenvalue weighted by Gasteiger charge is -2.09. The van der Waals surface area contributed by atoms with Crippen LogP contribution >= 0.6 is 0 Å². The van der Waals surface area contributed by atoms with E-state index < -0.39 is 0 Å². The Labute approximate surface area is 107 Å². The van der Waals surface area contributed by atoms with Gasteiger partial charge in [-0.15, -0.1) is 0 Å². The van der Waals surface area contributed by atoms with E-state index in [0.717, 1.165) is 17.3 Å². The van der Waals surface area contributed by atoms with E-state index in [2.05, 4.69) is 58.7 Å². The second-order valence-electron chi connectivity index (χ2n) is 4.44. The van der Waals surface area contributed by atoms with Gasteiger partial charge in [0, 0.05) is 18.8 Å². The lowest BCUT2D eigenvalue weighted by molar-refractivity contribution is 0.867. The average Bonchev–Trinajstić information content (AvgIpc) is 2.39. The van der Waals surface area contributed by atoms with Crippen molar-refractivity contribution < 1.29 is 0 Å². The highest BCUT2D eigenvalue weighted by molar-refractivity contribution is 5.59. The van der Waals surface area contributed by atoms with Gasteiger partial charge in [0.1, 0.15) is 18.0 Å². The van der Waals surface area contributed by atoms with Crippen molar-refractivity contribution in [2.24, 2.45) is 0 Å². The van der Waals surface area contributed by atoms with Crippen LogP contribution in [0, 0.1) is 0 Å². The van der Waals surface area contributed by atoms with E-state index in [-0.39, 0.29) is 0 Å². The third-order valence-corrected chi connectivity index (χ3v) is 2.77. The normalized spacial score (nSPS) is 10.4. The van der Waals surface area contributed by atoms with Crippen molar-refractivity contribution in [3.05, 3.63) is 42.2 Å². The first-order valence-electron chi connectivity index (χ1n) is 6.06. The van der Waals surface area contributed by atoms with Crippen LogP contribution in [0.15, 0.2) is 36.7 Å². The van der Waals surface area contributed by atoms with Gasteiger partial charge in [-0.2, -0.15) is 0 Å². The van der Waals surface area contributed by atoms with Crippen LogP contribution in [0.1, 0.15) is 25.3 Å². The fourth-order valence-corrected chi connectivity index (χ4v) is 1.66. The van der Waals surface area contributed by atoms with Crippen LogP contribution in [0.5, 0.6) is 0 Å². The van der Waals surface area contributed by atoms with Crippen LogP contribution in [0.4, 0.5) is 17.3 Å². The summed E-state index contributed by atoms with van der Waals surface area (Å²) in [6, 6.07) is 10.3. The molecule has 4 nitrogen and oxygen atoms in total. The van der Waals surface area contributed by atoms with E-state index in [0.29, 0.717) is 5.92 Å². The average molecular weight is 242 g/mol. The molecule has 0 aliphatic heterocycles. The number of hydrogen-bond donors (Lipinski definition) is 2. The molecule has 0 spiro atoms. The fourth-order valence-electron chi connectivity index (χ4n) is 1.66. The lowest BCUT2D eigenvalue weighted by atomic mass is 10.0. The Morgan fingerprint density at radius 2 is 1.67 bits per heavy atom. The van der Waals surface area contributed by atoms with Crippen molar-refractivity contribution in [2.75, 3.05) is 17.7 Å². The summed E-state index contributed by atoms with van der Waals surface area (Å²) in [7, 11) is 1.84. The molecule has 0 bridgehead atoms. The molecule has 2 N–H and O–H groups in total. The van der Waals surface area contributed by atoms with Crippen LogP contribution in [-0.2, 0) is 0 Å². The number of hydrogen-bond acceptors (Lipinski definition) is 4. The molecular formula is C14H18N4. The van der Waals surface area contributed by atoms with Gasteiger partial charge in [0.2, 0.25) is 0 Å². The summed E-state index contributed by atoms with van der Waals surface area (Å²) >= 11 is 0. The Kier molecular flexibility index (Phi) is 3.77. The molecule has 0 saturated carbocycles. The smallest absolute Gasteiger partial charge is 0.135 e. The minimum absolute atomic E-state index is 0.550. The van der Waals surface area contributed by atoms with Gasteiger partial charge in [-0.25, -0.2) is 9.97 Å². The predicted octanol–water partition coefficient (Wildman–Crippen LogP) is 3.39. The monoisotopic (exact) mass is 242 g/mol. The molecule has 0 aliphatic carbocycles. The summed E-state index contributed by atoms with van der Waals surface area (Å²) < 4.78 is 0. The van der Waals surface area contributed by atoms with Gasteiger partial charge in [0.05, 0.1) is 0 Å². The second kappa shape index (κ2) is 5.49. The first-order chi connectivity index (χ1) is 8.69. The van der Waals surface area contributed by atoms with E-state index in [1.807, 2.05) is 13.1 Å².